The van der Waals surface area contributed by atoms with E-state index >= 15 is 0 Å². The van der Waals surface area contributed by atoms with Gasteiger partial charge in [0, 0.05) is 6.54 Å². The van der Waals surface area contributed by atoms with Crippen molar-refractivity contribution >= 4 is 5.70 Å². The van der Waals surface area contributed by atoms with Gasteiger partial charge in [-0.05, 0) is 11.6 Å². The fourth-order valence-corrected chi connectivity index (χ4v) is 2.68. The zero-order chi connectivity index (χ0) is 14.1. The SMILES string of the molecule is C1=CCN2C(=C1)NC(c1ccccc1)=C2Cn1nccn1. The van der Waals surface area contributed by atoms with Crippen LogP contribution in [0.15, 0.2) is 72.5 Å². The molecular weight excluding hydrogens is 262 g/mol. The highest BCUT2D eigenvalue weighted by molar-refractivity contribution is 5.71. The summed E-state index contributed by atoms with van der Waals surface area (Å²) in [5.41, 5.74) is 3.49. The highest BCUT2D eigenvalue weighted by atomic mass is 15.5. The second-order valence-corrected chi connectivity index (χ2v) is 4.96. The van der Waals surface area contributed by atoms with E-state index in [0.717, 1.165) is 18.1 Å². The minimum Gasteiger partial charge on any atom is -0.340 e. The smallest absolute Gasteiger partial charge is 0.110 e. The van der Waals surface area contributed by atoms with Crippen molar-refractivity contribution in [3.8, 4) is 0 Å². The lowest BCUT2D eigenvalue weighted by atomic mass is 10.1. The van der Waals surface area contributed by atoms with Gasteiger partial charge in [-0.1, -0.05) is 42.5 Å². The number of hydrogen-bond acceptors (Lipinski definition) is 4. The molecule has 0 saturated heterocycles. The minimum absolute atomic E-state index is 0.648. The molecule has 4 rings (SSSR count). The first kappa shape index (κ1) is 12.0. The van der Waals surface area contributed by atoms with E-state index in [-0.39, 0.29) is 0 Å². The molecule has 5 heteroatoms. The van der Waals surface area contributed by atoms with Crippen LogP contribution in [-0.2, 0) is 6.54 Å². The Morgan fingerprint density at radius 3 is 2.71 bits per heavy atom. The van der Waals surface area contributed by atoms with Crippen molar-refractivity contribution < 1.29 is 0 Å². The van der Waals surface area contributed by atoms with Gasteiger partial charge in [0.05, 0.1) is 23.8 Å². The van der Waals surface area contributed by atoms with Crippen LogP contribution in [0.1, 0.15) is 5.56 Å². The summed E-state index contributed by atoms with van der Waals surface area (Å²) in [7, 11) is 0. The Morgan fingerprint density at radius 1 is 1.10 bits per heavy atom. The van der Waals surface area contributed by atoms with Crippen molar-refractivity contribution in [3.05, 3.63) is 78.0 Å². The second kappa shape index (κ2) is 4.94. The number of hydrogen-bond donors (Lipinski definition) is 1. The van der Waals surface area contributed by atoms with E-state index in [2.05, 4.69) is 62.9 Å². The lowest BCUT2D eigenvalue weighted by Gasteiger charge is -2.23. The number of nitrogens with zero attached hydrogens (tertiary/aromatic N) is 4. The Hall–Kier alpha value is -2.82. The fourth-order valence-electron chi connectivity index (χ4n) is 2.68. The van der Waals surface area contributed by atoms with Crippen LogP contribution >= 0.6 is 0 Å². The maximum Gasteiger partial charge on any atom is 0.110 e. The molecule has 2 aliphatic heterocycles. The number of benzene rings is 1. The third-order valence-electron chi connectivity index (χ3n) is 3.66. The van der Waals surface area contributed by atoms with E-state index in [1.54, 1.807) is 17.2 Å². The first-order valence-corrected chi connectivity index (χ1v) is 6.96. The Bertz CT molecular complexity index is 725. The van der Waals surface area contributed by atoms with Crippen LogP contribution in [0.4, 0.5) is 0 Å². The third-order valence-corrected chi connectivity index (χ3v) is 3.66. The van der Waals surface area contributed by atoms with E-state index in [4.69, 9.17) is 0 Å². The Morgan fingerprint density at radius 2 is 1.90 bits per heavy atom. The molecule has 0 unspecified atom stereocenters. The molecule has 0 amide bonds. The van der Waals surface area contributed by atoms with Gasteiger partial charge in [0.25, 0.3) is 0 Å². The summed E-state index contributed by atoms with van der Waals surface area (Å²) in [6.07, 6.45) is 9.73. The van der Waals surface area contributed by atoms with Gasteiger partial charge >= 0.3 is 0 Å². The van der Waals surface area contributed by atoms with Crippen LogP contribution < -0.4 is 5.32 Å². The predicted octanol–water partition coefficient (Wildman–Crippen LogP) is 1.96. The highest BCUT2D eigenvalue weighted by Crippen LogP contribution is 2.31. The molecule has 0 fully saturated rings. The summed E-state index contributed by atoms with van der Waals surface area (Å²) >= 11 is 0. The summed E-state index contributed by atoms with van der Waals surface area (Å²) in [6.45, 7) is 1.52. The molecule has 2 aromatic rings. The fraction of sp³-hybridized carbons (Fsp3) is 0.125. The molecule has 3 heterocycles. The Kier molecular flexibility index (Phi) is 2.81. The minimum atomic E-state index is 0.648. The topological polar surface area (TPSA) is 46.0 Å². The van der Waals surface area contributed by atoms with Crippen LogP contribution in [0.3, 0.4) is 0 Å². The first-order chi connectivity index (χ1) is 10.4. The van der Waals surface area contributed by atoms with Gasteiger partial charge in [0.1, 0.15) is 12.4 Å². The monoisotopic (exact) mass is 277 g/mol. The van der Waals surface area contributed by atoms with E-state index in [0.29, 0.717) is 6.54 Å². The van der Waals surface area contributed by atoms with Gasteiger partial charge in [-0.3, -0.25) is 0 Å². The number of rotatable bonds is 3. The molecule has 0 atom stereocenters. The molecule has 5 nitrogen and oxygen atoms in total. The van der Waals surface area contributed by atoms with Crippen molar-refractivity contribution in [3.63, 3.8) is 0 Å². The van der Waals surface area contributed by atoms with Gasteiger partial charge in [-0.15, -0.1) is 0 Å². The second-order valence-electron chi connectivity index (χ2n) is 4.96. The van der Waals surface area contributed by atoms with E-state index in [9.17, 15) is 0 Å². The van der Waals surface area contributed by atoms with Gasteiger partial charge < -0.3 is 10.2 Å². The van der Waals surface area contributed by atoms with Crippen molar-refractivity contribution in [1.82, 2.24) is 25.2 Å². The van der Waals surface area contributed by atoms with Crippen molar-refractivity contribution in [1.29, 1.82) is 0 Å². The van der Waals surface area contributed by atoms with Crippen molar-refractivity contribution in [2.75, 3.05) is 6.54 Å². The maximum atomic E-state index is 4.22. The predicted molar refractivity (Wildman–Crippen MR) is 80.4 cm³/mol. The summed E-state index contributed by atoms with van der Waals surface area (Å²) < 4.78 is 0. The molecule has 0 spiro atoms. The zero-order valence-corrected chi connectivity index (χ0v) is 11.5. The number of nitrogens with one attached hydrogen (secondary N) is 1. The van der Waals surface area contributed by atoms with E-state index in [1.165, 1.54) is 11.3 Å². The molecule has 0 radical (unpaired) electrons. The highest BCUT2D eigenvalue weighted by Gasteiger charge is 2.28. The molecule has 104 valence electrons. The van der Waals surface area contributed by atoms with Crippen LogP contribution in [0.2, 0.25) is 0 Å². The standard InChI is InChI=1S/C16H15N5/c1-2-6-13(7-3-1)16-14(12-21-17-9-10-18-21)20-11-5-4-8-15(20)19-16/h1-10,19H,11-12H2. The Labute approximate surface area is 122 Å². The number of aromatic nitrogens is 3. The average Bonchev–Trinajstić information content (AvgIpc) is 3.17. The molecule has 1 aromatic carbocycles. The Balaban J connectivity index is 1.77. The quantitative estimate of drug-likeness (QED) is 0.931. The average molecular weight is 277 g/mol. The van der Waals surface area contributed by atoms with Gasteiger partial charge in [-0.25, -0.2) is 0 Å². The zero-order valence-electron chi connectivity index (χ0n) is 11.5. The van der Waals surface area contributed by atoms with Gasteiger partial charge in [0.15, 0.2) is 0 Å². The van der Waals surface area contributed by atoms with Crippen LogP contribution in [0.5, 0.6) is 0 Å². The molecule has 1 aromatic heterocycles. The van der Waals surface area contributed by atoms with Crippen molar-refractivity contribution in [2.24, 2.45) is 0 Å². The van der Waals surface area contributed by atoms with E-state index < -0.39 is 0 Å². The summed E-state index contributed by atoms with van der Waals surface area (Å²) in [6, 6.07) is 10.4. The first-order valence-electron chi connectivity index (χ1n) is 6.96. The lowest BCUT2D eigenvalue weighted by Crippen LogP contribution is -2.25. The summed E-state index contributed by atoms with van der Waals surface area (Å²) in [5.74, 6) is 1.11. The summed E-state index contributed by atoms with van der Waals surface area (Å²) in [5, 5.41) is 12.0. The number of allylic oxidation sites excluding steroid dienone is 3. The molecule has 0 bridgehead atoms. The molecule has 2 aliphatic rings. The summed E-state index contributed by atoms with van der Waals surface area (Å²) in [4.78, 5) is 3.98. The molecule has 0 saturated carbocycles. The van der Waals surface area contributed by atoms with Gasteiger partial charge in [-0.2, -0.15) is 15.0 Å². The largest absolute Gasteiger partial charge is 0.340 e. The third kappa shape index (κ3) is 2.12. The molecule has 21 heavy (non-hydrogen) atoms. The molecular formula is C16H15N5. The van der Waals surface area contributed by atoms with Gasteiger partial charge in [0.2, 0.25) is 0 Å². The van der Waals surface area contributed by atoms with E-state index in [1.807, 2.05) is 6.07 Å². The molecule has 1 N–H and O–H groups in total. The van der Waals surface area contributed by atoms with Crippen molar-refractivity contribution in [2.45, 2.75) is 6.54 Å². The van der Waals surface area contributed by atoms with Crippen LogP contribution in [0, 0.1) is 0 Å². The normalized spacial score (nSPS) is 16.8. The van der Waals surface area contributed by atoms with Crippen LogP contribution in [0.25, 0.3) is 5.70 Å². The molecule has 0 aliphatic carbocycles. The maximum absolute atomic E-state index is 4.22. The van der Waals surface area contributed by atoms with Crippen LogP contribution in [-0.4, -0.2) is 26.4 Å². The lowest BCUT2D eigenvalue weighted by molar-refractivity contribution is 0.422. The number of fused-ring (bicyclic) bond motifs is 1.